The molecule has 5 heteroatoms. The zero-order valence-electron chi connectivity index (χ0n) is 14.2. The van der Waals surface area contributed by atoms with Gasteiger partial charge in [0.1, 0.15) is 5.75 Å². The van der Waals surface area contributed by atoms with Crippen LogP contribution in [0, 0.1) is 0 Å². The van der Waals surface area contributed by atoms with Crippen LogP contribution < -0.4 is 9.64 Å². The van der Waals surface area contributed by atoms with Crippen LogP contribution in [-0.4, -0.2) is 25.6 Å². The zero-order chi connectivity index (χ0) is 17.8. The summed E-state index contributed by atoms with van der Waals surface area (Å²) in [6, 6.07) is 15.1. The van der Waals surface area contributed by atoms with Gasteiger partial charge in [0.2, 0.25) is 0 Å². The maximum Gasteiger partial charge on any atom is 0.331 e. The number of benzene rings is 2. The number of esters is 1. The van der Waals surface area contributed by atoms with Crippen LogP contribution >= 0.6 is 0 Å². The van der Waals surface area contributed by atoms with Gasteiger partial charge < -0.3 is 14.4 Å². The summed E-state index contributed by atoms with van der Waals surface area (Å²) < 4.78 is 10.2. The second-order valence-electron chi connectivity index (χ2n) is 5.57. The van der Waals surface area contributed by atoms with Gasteiger partial charge in [0.15, 0.2) is 0 Å². The zero-order valence-corrected chi connectivity index (χ0v) is 14.2. The van der Waals surface area contributed by atoms with E-state index in [2.05, 4.69) is 0 Å². The summed E-state index contributed by atoms with van der Waals surface area (Å²) in [5, 5.41) is 0. The number of ether oxygens (including phenoxy) is 2. The van der Waals surface area contributed by atoms with Gasteiger partial charge in [-0.15, -0.1) is 0 Å². The topological polar surface area (TPSA) is 55.8 Å². The molecule has 0 N–H and O–H groups in total. The first-order valence-corrected chi connectivity index (χ1v) is 8.06. The molecule has 0 unspecified atom stereocenters. The van der Waals surface area contributed by atoms with Crippen LogP contribution in [0.4, 0.5) is 5.69 Å². The summed E-state index contributed by atoms with van der Waals surface area (Å²) in [4.78, 5) is 26.4. The van der Waals surface area contributed by atoms with Crippen molar-refractivity contribution in [1.82, 2.24) is 0 Å². The summed E-state index contributed by atoms with van der Waals surface area (Å²) in [5.74, 6) is -0.0867. The Bertz CT molecular complexity index is 827. The molecule has 0 aromatic heterocycles. The molecule has 5 nitrogen and oxygen atoms in total. The molecule has 1 heterocycles. The van der Waals surface area contributed by atoms with Crippen molar-refractivity contribution in [3.63, 3.8) is 0 Å². The average molecular weight is 337 g/mol. The molecule has 1 aliphatic rings. The molecule has 0 saturated heterocycles. The van der Waals surface area contributed by atoms with Crippen molar-refractivity contribution in [2.45, 2.75) is 13.5 Å². The second kappa shape index (κ2) is 7.21. The number of fused-ring (bicyclic) bond motifs is 1. The first-order valence-electron chi connectivity index (χ1n) is 8.06. The van der Waals surface area contributed by atoms with Crippen LogP contribution in [0.15, 0.2) is 54.6 Å². The van der Waals surface area contributed by atoms with Crippen molar-refractivity contribution < 1.29 is 19.1 Å². The quantitative estimate of drug-likeness (QED) is 0.621. The summed E-state index contributed by atoms with van der Waals surface area (Å²) in [7, 11) is 1.58. The van der Waals surface area contributed by atoms with Gasteiger partial charge in [0.05, 0.1) is 31.5 Å². The maximum atomic E-state index is 12.9. The average Bonchev–Trinajstić information content (AvgIpc) is 2.88. The van der Waals surface area contributed by atoms with Gasteiger partial charge in [-0.25, -0.2) is 4.79 Å². The van der Waals surface area contributed by atoms with Crippen molar-refractivity contribution in [3.8, 4) is 5.75 Å². The van der Waals surface area contributed by atoms with Crippen molar-refractivity contribution >= 4 is 23.1 Å². The number of hydrogen-bond donors (Lipinski definition) is 0. The Hall–Kier alpha value is -3.08. The van der Waals surface area contributed by atoms with Crippen molar-refractivity contribution in [2.75, 3.05) is 18.6 Å². The predicted molar refractivity (Wildman–Crippen MR) is 95.2 cm³/mol. The number of hydrogen-bond acceptors (Lipinski definition) is 4. The minimum absolute atomic E-state index is 0.222. The summed E-state index contributed by atoms with van der Waals surface area (Å²) in [6.45, 7) is 2.41. The molecule has 0 radical (unpaired) electrons. The standard InChI is InChI=1S/C20H19NO4/c1-3-25-19(22)12-17-16-10-9-15(24-2)11-18(16)21(20(17)23)13-14-7-5-4-6-8-14/h4-12H,3,13H2,1-2H3/b17-12+. The molecule has 2 aromatic rings. The van der Waals surface area contributed by atoms with Crippen molar-refractivity contribution in [1.29, 1.82) is 0 Å². The normalized spacial score (nSPS) is 14.6. The lowest BCUT2D eigenvalue weighted by Crippen LogP contribution is -2.26. The smallest absolute Gasteiger partial charge is 0.331 e. The molecule has 0 aliphatic carbocycles. The van der Waals surface area contributed by atoms with Crippen molar-refractivity contribution in [2.24, 2.45) is 0 Å². The highest BCUT2D eigenvalue weighted by molar-refractivity contribution is 6.34. The lowest BCUT2D eigenvalue weighted by molar-refractivity contribution is -0.137. The van der Waals surface area contributed by atoms with Gasteiger partial charge in [-0.1, -0.05) is 30.3 Å². The number of carbonyl (C=O) groups is 2. The Morgan fingerprint density at radius 2 is 1.92 bits per heavy atom. The molecule has 0 saturated carbocycles. The highest BCUT2D eigenvalue weighted by Gasteiger charge is 2.33. The van der Waals surface area contributed by atoms with Crippen LogP contribution in [0.1, 0.15) is 18.1 Å². The third-order valence-electron chi connectivity index (χ3n) is 3.99. The molecule has 1 amide bonds. The molecule has 0 bridgehead atoms. The Morgan fingerprint density at radius 1 is 1.16 bits per heavy atom. The van der Waals surface area contributed by atoms with Gasteiger partial charge in [-0.3, -0.25) is 4.79 Å². The van der Waals surface area contributed by atoms with Gasteiger partial charge in [-0.2, -0.15) is 0 Å². The Balaban J connectivity index is 2.02. The van der Waals surface area contributed by atoms with E-state index < -0.39 is 5.97 Å². The fraction of sp³-hybridized carbons (Fsp3) is 0.200. The van der Waals surface area contributed by atoms with E-state index in [4.69, 9.17) is 9.47 Å². The number of rotatable bonds is 5. The number of nitrogens with zero attached hydrogens (tertiary/aromatic N) is 1. The number of carbonyl (C=O) groups excluding carboxylic acids is 2. The van der Waals surface area contributed by atoms with Crippen LogP contribution in [0.25, 0.3) is 5.57 Å². The molecule has 3 rings (SSSR count). The highest BCUT2D eigenvalue weighted by Crippen LogP contribution is 2.39. The summed E-state index contributed by atoms with van der Waals surface area (Å²) in [6.07, 6.45) is 1.27. The van der Waals surface area contributed by atoms with Gasteiger partial charge in [0, 0.05) is 17.7 Å². The Kier molecular flexibility index (Phi) is 4.84. The van der Waals surface area contributed by atoms with E-state index in [9.17, 15) is 9.59 Å². The summed E-state index contributed by atoms with van der Waals surface area (Å²) in [5.41, 5.74) is 2.77. The molecule has 128 valence electrons. The molecule has 0 fully saturated rings. The molecule has 0 spiro atoms. The Labute approximate surface area is 146 Å². The van der Waals surface area contributed by atoms with Crippen LogP contribution in [0.5, 0.6) is 5.75 Å². The fourth-order valence-corrected chi connectivity index (χ4v) is 2.82. The van der Waals surface area contributed by atoms with E-state index in [-0.39, 0.29) is 12.5 Å². The lowest BCUT2D eigenvalue weighted by atomic mass is 10.1. The van der Waals surface area contributed by atoms with Gasteiger partial charge in [0.25, 0.3) is 5.91 Å². The molecular formula is C20H19NO4. The molecule has 0 atom stereocenters. The van der Waals surface area contributed by atoms with E-state index in [1.807, 2.05) is 36.4 Å². The maximum absolute atomic E-state index is 12.9. The first kappa shape index (κ1) is 16.8. The number of anilines is 1. The molecule has 2 aromatic carbocycles. The van der Waals surface area contributed by atoms with Crippen LogP contribution in [0.3, 0.4) is 0 Å². The molecule has 25 heavy (non-hydrogen) atoms. The second-order valence-corrected chi connectivity index (χ2v) is 5.57. The van der Waals surface area contributed by atoms with E-state index in [0.29, 0.717) is 23.4 Å². The first-order chi connectivity index (χ1) is 12.1. The van der Waals surface area contributed by atoms with Gasteiger partial charge in [-0.05, 0) is 24.6 Å². The van der Waals surface area contributed by atoms with Gasteiger partial charge >= 0.3 is 5.97 Å². The van der Waals surface area contributed by atoms with E-state index in [1.165, 1.54) is 6.08 Å². The monoisotopic (exact) mass is 337 g/mol. The SMILES string of the molecule is CCOC(=O)/C=C1/C(=O)N(Cc2ccccc2)c2cc(OC)ccc21. The highest BCUT2D eigenvalue weighted by atomic mass is 16.5. The largest absolute Gasteiger partial charge is 0.497 e. The fourth-order valence-electron chi connectivity index (χ4n) is 2.82. The molecular weight excluding hydrogens is 318 g/mol. The predicted octanol–water partition coefficient (Wildman–Crippen LogP) is 3.19. The Morgan fingerprint density at radius 3 is 2.60 bits per heavy atom. The minimum Gasteiger partial charge on any atom is -0.497 e. The third kappa shape index (κ3) is 3.40. The number of methoxy groups -OCH3 is 1. The van der Waals surface area contributed by atoms with Crippen LogP contribution in [0.2, 0.25) is 0 Å². The summed E-state index contributed by atoms with van der Waals surface area (Å²) >= 11 is 0. The van der Waals surface area contributed by atoms with E-state index in [0.717, 1.165) is 11.3 Å². The van der Waals surface area contributed by atoms with Crippen molar-refractivity contribution in [3.05, 3.63) is 65.7 Å². The van der Waals surface area contributed by atoms with Crippen LogP contribution in [-0.2, 0) is 20.9 Å². The third-order valence-corrected chi connectivity index (χ3v) is 3.99. The van der Waals surface area contributed by atoms with E-state index in [1.54, 1.807) is 31.1 Å². The number of amides is 1. The lowest BCUT2D eigenvalue weighted by Gasteiger charge is -2.17. The molecule has 1 aliphatic heterocycles. The minimum atomic E-state index is -0.519. The van der Waals surface area contributed by atoms with E-state index >= 15 is 0 Å².